The summed E-state index contributed by atoms with van der Waals surface area (Å²) in [6.45, 7) is 0. The maximum atomic E-state index is 10.5. The van der Waals surface area contributed by atoms with Gasteiger partial charge in [-0.3, -0.25) is 0 Å². The SMILES string of the molecule is Oc1cc(-n2ccnc2)ccc1-c1nnc(/C=C2\C[C@H]3CCC[C@@H](C2)N3)s1. The van der Waals surface area contributed by atoms with Crippen LogP contribution in [-0.4, -0.2) is 36.9 Å². The topological polar surface area (TPSA) is 75.9 Å². The van der Waals surface area contributed by atoms with Crippen LogP contribution in [0.25, 0.3) is 22.3 Å². The van der Waals surface area contributed by atoms with Crippen LogP contribution < -0.4 is 5.32 Å². The van der Waals surface area contributed by atoms with Crippen LogP contribution >= 0.6 is 11.3 Å². The zero-order chi connectivity index (χ0) is 18.2. The number of phenols is 1. The molecule has 2 aromatic heterocycles. The van der Waals surface area contributed by atoms with E-state index < -0.39 is 0 Å². The van der Waals surface area contributed by atoms with Crippen molar-refractivity contribution in [1.82, 2.24) is 25.1 Å². The fourth-order valence-corrected chi connectivity index (χ4v) is 4.99. The zero-order valence-electron chi connectivity index (χ0n) is 14.9. The molecule has 27 heavy (non-hydrogen) atoms. The van der Waals surface area contributed by atoms with Crippen molar-refractivity contribution >= 4 is 17.4 Å². The maximum absolute atomic E-state index is 10.5. The van der Waals surface area contributed by atoms with E-state index in [-0.39, 0.29) is 5.75 Å². The summed E-state index contributed by atoms with van der Waals surface area (Å²) in [5.74, 6) is 0.202. The summed E-state index contributed by atoms with van der Waals surface area (Å²) in [5, 5.41) is 24.5. The van der Waals surface area contributed by atoms with Gasteiger partial charge in [-0.15, -0.1) is 10.2 Å². The summed E-state index contributed by atoms with van der Waals surface area (Å²) in [6.07, 6.45) is 13.6. The maximum Gasteiger partial charge on any atom is 0.151 e. The molecule has 6 nitrogen and oxygen atoms in total. The molecule has 0 spiro atoms. The largest absolute Gasteiger partial charge is 0.507 e. The Morgan fingerprint density at radius 3 is 2.78 bits per heavy atom. The summed E-state index contributed by atoms with van der Waals surface area (Å²) in [7, 11) is 0. The molecule has 1 aromatic carbocycles. The van der Waals surface area contributed by atoms with Gasteiger partial charge in [-0.1, -0.05) is 23.3 Å². The quantitative estimate of drug-likeness (QED) is 0.724. The van der Waals surface area contributed by atoms with Gasteiger partial charge in [-0.05, 0) is 43.9 Å². The van der Waals surface area contributed by atoms with E-state index in [4.69, 9.17) is 0 Å². The monoisotopic (exact) mass is 379 g/mol. The molecule has 2 N–H and O–H groups in total. The fourth-order valence-electron chi connectivity index (χ4n) is 4.12. The van der Waals surface area contributed by atoms with Crippen LogP contribution in [0, 0.1) is 0 Å². The third kappa shape index (κ3) is 3.40. The Labute approximate surface area is 161 Å². The van der Waals surface area contributed by atoms with Crippen molar-refractivity contribution in [1.29, 1.82) is 0 Å². The molecule has 4 heterocycles. The average Bonchev–Trinajstić information content (AvgIpc) is 3.33. The number of aromatic nitrogens is 4. The van der Waals surface area contributed by atoms with Crippen LogP contribution in [0.1, 0.15) is 37.1 Å². The zero-order valence-corrected chi connectivity index (χ0v) is 15.7. The summed E-state index contributed by atoms with van der Waals surface area (Å²) in [4.78, 5) is 4.04. The summed E-state index contributed by atoms with van der Waals surface area (Å²) in [6, 6.07) is 6.80. The van der Waals surface area contributed by atoms with Gasteiger partial charge in [0.15, 0.2) is 5.01 Å². The molecule has 0 amide bonds. The predicted molar refractivity (Wildman–Crippen MR) is 106 cm³/mol. The first-order valence-corrected chi connectivity index (χ1v) is 10.2. The molecule has 7 heteroatoms. The van der Waals surface area contributed by atoms with Crippen LogP contribution in [0.4, 0.5) is 0 Å². The van der Waals surface area contributed by atoms with Crippen LogP contribution in [0.3, 0.4) is 0 Å². The standard InChI is InChI=1S/C20H21N5OS/c26-18-11-16(25-7-6-21-12-25)4-5-17(18)20-24-23-19(27-20)10-13-8-14-2-1-3-15(9-13)22-14/h4-7,10-12,14-15,22,26H,1-3,8-9H2/b13-10-/t14-,15+/m0/s1. The molecule has 138 valence electrons. The van der Waals surface area contributed by atoms with Crippen LogP contribution in [0.2, 0.25) is 0 Å². The Morgan fingerprint density at radius 2 is 2.04 bits per heavy atom. The summed E-state index contributed by atoms with van der Waals surface area (Å²) >= 11 is 1.53. The molecule has 2 aliphatic rings. The molecule has 2 fully saturated rings. The Balaban J connectivity index is 1.38. The molecule has 0 unspecified atom stereocenters. The van der Waals surface area contributed by atoms with Gasteiger partial charge in [0.2, 0.25) is 0 Å². The van der Waals surface area contributed by atoms with Gasteiger partial charge in [0.1, 0.15) is 10.8 Å². The average molecular weight is 379 g/mol. The fraction of sp³-hybridized carbons (Fsp3) is 0.350. The smallest absolute Gasteiger partial charge is 0.151 e. The van der Waals surface area contributed by atoms with Gasteiger partial charge in [0, 0.05) is 30.5 Å². The predicted octanol–water partition coefficient (Wildman–Crippen LogP) is 3.78. The third-order valence-corrected chi connectivity index (χ3v) is 6.28. The third-order valence-electron chi connectivity index (χ3n) is 5.38. The van der Waals surface area contributed by atoms with E-state index in [2.05, 4.69) is 26.6 Å². The Morgan fingerprint density at radius 1 is 1.19 bits per heavy atom. The van der Waals surface area contributed by atoms with Crippen molar-refractivity contribution in [3.05, 3.63) is 47.5 Å². The number of benzene rings is 1. The number of rotatable bonds is 3. The van der Waals surface area contributed by atoms with Crippen molar-refractivity contribution in [3.8, 4) is 22.0 Å². The lowest BCUT2D eigenvalue weighted by Crippen LogP contribution is -2.46. The second kappa shape index (κ2) is 6.90. The molecule has 0 saturated carbocycles. The van der Waals surface area contributed by atoms with Crippen molar-refractivity contribution in [2.75, 3.05) is 0 Å². The van der Waals surface area contributed by atoms with E-state index in [0.717, 1.165) is 28.5 Å². The highest BCUT2D eigenvalue weighted by atomic mass is 32.1. The van der Waals surface area contributed by atoms with Crippen molar-refractivity contribution in [2.45, 2.75) is 44.2 Å². The van der Waals surface area contributed by atoms with Crippen molar-refractivity contribution in [2.24, 2.45) is 0 Å². The molecule has 0 aliphatic carbocycles. The highest BCUT2D eigenvalue weighted by Crippen LogP contribution is 2.35. The lowest BCUT2D eigenvalue weighted by molar-refractivity contribution is 0.283. The van der Waals surface area contributed by atoms with E-state index in [0.29, 0.717) is 17.6 Å². The number of aromatic hydroxyl groups is 1. The molecular formula is C20H21N5OS. The van der Waals surface area contributed by atoms with E-state index in [9.17, 15) is 5.11 Å². The number of imidazole rings is 1. The van der Waals surface area contributed by atoms with E-state index in [1.165, 1.54) is 36.2 Å². The van der Waals surface area contributed by atoms with Gasteiger partial charge in [-0.25, -0.2) is 4.98 Å². The molecule has 2 saturated heterocycles. The minimum absolute atomic E-state index is 0.202. The number of fused-ring (bicyclic) bond motifs is 2. The molecule has 2 aliphatic heterocycles. The molecule has 5 rings (SSSR count). The molecule has 3 aromatic rings. The highest BCUT2D eigenvalue weighted by molar-refractivity contribution is 7.15. The van der Waals surface area contributed by atoms with Gasteiger partial charge in [-0.2, -0.15) is 0 Å². The van der Waals surface area contributed by atoms with Crippen LogP contribution in [-0.2, 0) is 0 Å². The van der Waals surface area contributed by atoms with Gasteiger partial charge in [0.05, 0.1) is 17.6 Å². The summed E-state index contributed by atoms with van der Waals surface area (Å²) in [5.41, 5.74) is 3.04. The number of piperidine rings is 2. The molecule has 2 atom stereocenters. The number of phenolic OH excluding ortho intramolecular Hbond substituents is 1. The first-order chi connectivity index (χ1) is 13.2. The number of hydrogen-bond acceptors (Lipinski definition) is 6. The Hall–Kier alpha value is -2.51. The van der Waals surface area contributed by atoms with Crippen molar-refractivity contribution in [3.63, 3.8) is 0 Å². The summed E-state index contributed by atoms with van der Waals surface area (Å²) < 4.78 is 1.85. The molecule has 2 bridgehead atoms. The van der Waals surface area contributed by atoms with E-state index >= 15 is 0 Å². The first kappa shape index (κ1) is 16.6. The van der Waals surface area contributed by atoms with Crippen molar-refractivity contribution < 1.29 is 5.11 Å². The van der Waals surface area contributed by atoms with Gasteiger partial charge >= 0.3 is 0 Å². The first-order valence-electron chi connectivity index (χ1n) is 9.35. The lowest BCUT2D eigenvalue weighted by atomic mass is 9.84. The normalized spacial score (nSPS) is 23.6. The van der Waals surface area contributed by atoms with Gasteiger partial charge in [0.25, 0.3) is 0 Å². The number of hydrogen-bond donors (Lipinski definition) is 2. The minimum Gasteiger partial charge on any atom is -0.507 e. The minimum atomic E-state index is 0.202. The second-order valence-electron chi connectivity index (χ2n) is 7.32. The Kier molecular flexibility index (Phi) is 4.26. The van der Waals surface area contributed by atoms with Crippen LogP contribution in [0.15, 0.2) is 42.5 Å². The van der Waals surface area contributed by atoms with E-state index in [1.54, 1.807) is 18.6 Å². The Bertz CT molecular complexity index is 964. The molecule has 0 radical (unpaired) electrons. The second-order valence-corrected chi connectivity index (χ2v) is 8.33. The van der Waals surface area contributed by atoms with Crippen LogP contribution in [0.5, 0.6) is 5.75 Å². The number of nitrogens with one attached hydrogen (secondary N) is 1. The van der Waals surface area contributed by atoms with Gasteiger partial charge < -0.3 is 15.0 Å². The lowest BCUT2D eigenvalue weighted by Gasteiger charge is -2.37. The van der Waals surface area contributed by atoms with E-state index in [1.807, 2.05) is 22.9 Å². The highest BCUT2D eigenvalue weighted by Gasteiger charge is 2.27. The number of nitrogens with zero attached hydrogens (tertiary/aromatic N) is 4. The molecular weight excluding hydrogens is 358 g/mol.